The molecule has 4 rings (SSSR count). The van der Waals surface area contributed by atoms with E-state index >= 15 is 0 Å². The number of methoxy groups -OCH3 is 1. The highest BCUT2D eigenvalue weighted by Crippen LogP contribution is 2.27. The molecule has 0 N–H and O–H groups in total. The maximum Gasteiger partial charge on any atom is 0.337 e. The van der Waals surface area contributed by atoms with Crippen LogP contribution < -0.4 is 0 Å². The van der Waals surface area contributed by atoms with Gasteiger partial charge in [-0.25, -0.2) is 4.79 Å². The molecule has 2 aliphatic rings. The number of ether oxygens (including phenoxy) is 2. The molecule has 1 saturated heterocycles. The smallest absolute Gasteiger partial charge is 0.337 e. The van der Waals surface area contributed by atoms with E-state index in [4.69, 9.17) is 21.1 Å². The van der Waals surface area contributed by atoms with E-state index in [-0.39, 0.29) is 18.0 Å². The Morgan fingerprint density at radius 2 is 1.60 bits per heavy atom. The number of amides is 1. The van der Waals surface area contributed by atoms with Crippen molar-refractivity contribution in [1.82, 2.24) is 9.80 Å². The quantitative estimate of drug-likeness (QED) is 0.473. The molecule has 0 bridgehead atoms. The number of rotatable bonds is 8. The van der Waals surface area contributed by atoms with Crippen molar-refractivity contribution in [1.29, 1.82) is 0 Å². The summed E-state index contributed by atoms with van der Waals surface area (Å²) in [7, 11) is 1.38. The van der Waals surface area contributed by atoms with Gasteiger partial charge in [-0.1, -0.05) is 55.1 Å². The molecule has 6 nitrogen and oxygen atoms in total. The predicted octanol–water partition coefficient (Wildman–Crippen LogP) is 5.11. The number of carbonyl (C=O) groups excluding carboxylic acids is 2. The summed E-state index contributed by atoms with van der Waals surface area (Å²) in [6.07, 6.45) is 5.59. The molecule has 35 heavy (non-hydrogen) atoms. The van der Waals surface area contributed by atoms with Gasteiger partial charge < -0.3 is 14.4 Å². The van der Waals surface area contributed by atoms with Crippen molar-refractivity contribution in [2.75, 3.05) is 39.8 Å². The third-order valence-electron chi connectivity index (χ3n) is 7.13. The highest BCUT2D eigenvalue weighted by Gasteiger charge is 2.29. The summed E-state index contributed by atoms with van der Waals surface area (Å²) < 4.78 is 11.1. The van der Waals surface area contributed by atoms with Crippen LogP contribution in [0.3, 0.4) is 0 Å². The first-order chi connectivity index (χ1) is 17.0. The lowest BCUT2D eigenvalue weighted by atomic mass is 9.88. The molecule has 1 saturated carbocycles. The van der Waals surface area contributed by atoms with Crippen LogP contribution in [-0.2, 0) is 20.9 Å². The van der Waals surface area contributed by atoms with Gasteiger partial charge in [0.15, 0.2) is 0 Å². The number of esters is 1. The largest absolute Gasteiger partial charge is 0.465 e. The molecular formula is C28H35ClN2O4. The van der Waals surface area contributed by atoms with Crippen molar-refractivity contribution in [3.63, 3.8) is 0 Å². The molecule has 0 aromatic heterocycles. The molecule has 1 amide bonds. The fraction of sp³-hybridized carbons (Fsp3) is 0.500. The number of nitrogens with zero attached hydrogens (tertiary/aromatic N) is 2. The van der Waals surface area contributed by atoms with Gasteiger partial charge in [-0.15, -0.1) is 0 Å². The Labute approximate surface area is 213 Å². The molecule has 0 radical (unpaired) electrons. The Hall–Kier alpha value is -2.41. The van der Waals surface area contributed by atoms with Gasteiger partial charge in [-0.05, 0) is 48.2 Å². The van der Waals surface area contributed by atoms with Crippen molar-refractivity contribution in [3.05, 3.63) is 70.2 Å². The number of benzene rings is 2. The lowest BCUT2D eigenvalue weighted by molar-refractivity contribution is -0.138. The lowest BCUT2D eigenvalue weighted by Gasteiger charge is -2.38. The van der Waals surface area contributed by atoms with Crippen LogP contribution >= 0.6 is 11.6 Å². The number of halogens is 1. The minimum atomic E-state index is -0.349. The summed E-state index contributed by atoms with van der Waals surface area (Å²) in [5.74, 6) is 0.230. The Morgan fingerprint density at radius 3 is 2.23 bits per heavy atom. The molecule has 2 aromatic rings. The van der Waals surface area contributed by atoms with Gasteiger partial charge in [0.05, 0.1) is 25.4 Å². The molecule has 0 unspecified atom stereocenters. The Balaban J connectivity index is 1.35. The van der Waals surface area contributed by atoms with Crippen LogP contribution in [0.25, 0.3) is 0 Å². The first-order valence-corrected chi connectivity index (χ1v) is 13.0. The lowest BCUT2D eigenvalue weighted by Crippen LogP contribution is -2.51. The van der Waals surface area contributed by atoms with Gasteiger partial charge in [0, 0.05) is 43.7 Å². The second-order valence-corrected chi connectivity index (χ2v) is 9.94. The van der Waals surface area contributed by atoms with Crippen LogP contribution in [0.5, 0.6) is 0 Å². The maximum atomic E-state index is 12.9. The van der Waals surface area contributed by atoms with E-state index in [0.29, 0.717) is 23.1 Å². The molecule has 2 fully saturated rings. The van der Waals surface area contributed by atoms with Gasteiger partial charge in [-0.2, -0.15) is 0 Å². The molecule has 1 atom stereocenters. The number of hydrogen-bond acceptors (Lipinski definition) is 5. The van der Waals surface area contributed by atoms with Crippen molar-refractivity contribution < 1.29 is 19.1 Å². The monoisotopic (exact) mass is 498 g/mol. The van der Waals surface area contributed by atoms with Crippen LogP contribution in [0.2, 0.25) is 5.02 Å². The fourth-order valence-corrected chi connectivity index (χ4v) is 5.10. The van der Waals surface area contributed by atoms with E-state index in [2.05, 4.69) is 9.80 Å². The van der Waals surface area contributed by atoms with E-state index < -0.39 is 0 Å². The van der Waals surface area contributed by atoms with Crippen molar-refractivity contribution in [2.45, 2.75) is 44.8 Å². The Morgan fingerprint density at radius 1 is 0.943 bits per heavy atom. The Kier molecular flexibility index (Phi) is 9.18. The minimum absolute atomic E-state index is 0.131. The first kappa shape index (κ1) is 25.7. The van der Waals surface area contributed by atoms with E-state index in [1.807, 2.05) is 36.4 Å². The second kappa shape index (κ2) is 12.5. The normalized spacial score (nSPS) is 18.3. The molecule has 1 aliphatic carbocycles. The van der Waals surface area contributed by atoms with E-state index in [9.17, 15) is 9.59 Å². The second-order valence-electron chi connectivity index (χ2n) is 9.50. The Bertz CT molecular complexity index is 965. The molecule has 1 heterocycles. The summed E-state index contributed by atoms with van der Waals surface area (Å²) in [6, 6.07) is 15.1. The van der Waals surface area contributed by atoms with Crippen LogP contribution in [0.4, 0.5) is 0 Å². The molecule has 1 aliphatic heterocycles. The molecule has 0 spiro atoms. The summed E-state index contributed by atoms with van der Waals surface area (Å²) in [4.78, 5) is 29.0. The van der Waals surface area contributed by atoms with Gasteiger partial charge in [0.2, 0.25) is 5.91 Å². The highest BCUT2D eigenvalue weighted by atomic mass is 35.5. The maximum absolute atomic E-state index is 12.9. The number of hydrogen-bond donors (Lipinski definition) is 0. The van der Waals surface area contributed by atoms with Gasteiger partial charge >= 0.3 is 5.97 Å². The van der Waals surface area contributed by atoms with Crippen LogP contribution in [0, 0.1) is 5.92 Å². The number of piperazine rings is 1. The van der Waals surface area contributed by atoms with Crippen LogP contribution in [-0.4, -0.2) is 61.5 Å². The third kappa shape index (κ3) is 7.06. The van der Waals surface area contributed by atoms with Crippen LogP contribution in [0.1, 0.15) is 59.7 Å². The topological polar surface area (TPSA) is 59.1 Å². The minimum Gasteiger partial charge on any atom is -0.465 e. The van der Waals surface area contributed by atoms with E-state index in [0.717, 1.165) is 56.7 Å². The van der Waals surface area contributed by atoms with E-state index in [1.165, 1.54) is 26.4 Å². The zero-order chi connectivity index (χ0) is 24.6. The summed E-state index contributed by atoms with van der Waals surface area (Å²) >= 11 is 6.12. The average Bonchev–Trinajstić information content (AvgIpc) is 2.92. The zero-order valence-electron chi connectivity index (χ0n) is 20.5. The SMILES string of the molecule is COC(=O)c1ccc(CO[C@H](CN2CCN(C(=O)C3CCCCC3)CC2)c2ccc(Cl)cc2)cc1. The summed E-state index contributed by atoms with van der Waals surface area (Å²) in [5, 5.41) is 0.695. The highest BCUT2D eigenvalue weighted by molar-refractivity contribution is 6.30. The van der Waals surface area contributed by atoms with Gasteiger partial charge in [0.25, 0.3) is 0 Å². The summed E-state index contributed by atoms with van der Waals surface area (Å²) in [5.41, 5.74) is 2.58. The summed E-state index contributed by atoms with van der Waals surface area (Å²) in [6.45, 7) is 4.41. The fourth-order valence-electron chi connectivity index (χ4n) is 4.98. The first-order valence-electron chi connectivity index (χ1n) is 12.6. The van der Waals surface area contributed by atoms with Crippen molar-refractivity contribution in [3.8, 4) is 0 Å². The third-order valence-corrected chi connectivity index (χ3v) is 7.38. The average molecular weight is 499 g/mol. The zero-order valence-corrected chi connectivity index (χ0v) is 21.2. The van der Waals surface area contributed by atoms with Crippen molar-refractivity contribution >= 4 is 23.5 Å². The number of carbonyl (C=O) groups is 2. The van der Waals surface area contributed by atoms with E-state index in [1.54, 1.807) is 12.1 Å². The van der Waals surface area contributed by atoms with Crippen LogP contribution in [0.15, 0.2) is 48.5 Å². The van der Waals surface area contributed by atoms with Crippen molar-refractivity contribution in [2.24, 2.45) is 5.92 Å². The predicted molar refractivity (Wildman–Crippen MR) is 136 cm³/mol. The van der Waals surface area contributed by atoms with Gasteiger partial charge in [-0.3, -0.25) is 9.69 Å². The standard InChI is InChI=1S/C28H35ClN2O4/c1-34-28(33)24-9-7-21(8-10-24)20-35-26(22-11-13-25(29)14-12-22)19-30-15-17-31(18-16-30)27(32)23-5-3-2-4-6-23/h7-14,23,26H,2-6,15-20H2,1H3/t26-/m1/s1. The molecule has 7 heteroatoms. The molecule has 2 aromatic carbocycles. The van der Waals surface area contributed by atoms with Gasteiger partial charge in [0.1, 0.15) is 0 Å². The molecule has 188 valence electrons. The molecular weight excluding hydrogens is 464 g/mol.